The molecule has 0 atom stereocenters. The number of rotatable bonds is 8. The second-order valence-corrected chi connectivity index (χ2v) is 6.31. The smallest absolute Gasteiger partial charge is 0.339 e. The van der Waals surface area contributed by atoms with Gasteiger partial charge >= 0.3 is 5.97 Å². The van der Waals surface area contributed by atoms with Crippen LogP contribution in [0.25, 0.3) is 0 Å². The van der Waals surface area contributed by atoms with E-state index in [0.29, 0.717) is 22.6 Å². The van der Waals surface area contributed by atoms with Crippen molar-refractivity contribution in [2.75, 3.05) is 31.5 Å². The number of nitrogens with one attached hydrogen (secondary N) is 3. The van der Waals surface area contributed by atoms with Crippen molar-refractivity contribution in [2.24, 2.45) is 0 Å². The van der Waals surface area contributed by atoms with Crippen LogP contribution in [0, 0.1) is 6.92 Å². The zero-order valence-corrected chi connectivity index (χ0v) is 16.7. The zero-order chi connectivity index (χ0) is 21.6. The van der Waals surface area contributed by atoms with Crippen molar-refractivity contribution in [3.63, 3.8) is 0 Å². The van der Waals surface area contributed by atoms with Crippen LogP contribution >= 0.6 is 0 Å². The van der Waals surface area contributed by atoms with Crippen molar-refractivity contribution < 1.29 is 28.7 Å². The van der Waals surface area contributed by atoms with E-state index in [9.17, 15) is 19.2 Å². The summed E-state index contributed by atoms with van der Waals surface area (Å²) in [6, 6.07) is 6.52. The fourth-order valence-corrected chi connectivity index (χ4v) is 2.85. The molecule has 0 radical (unpaired) electrons. The molecule has 0 spiro atoms. The minimum Gasteiger partial charge on any atom is -0.465 e. The lowest BCUT2D eigenvalue weighted by molar-refractivity contribution is -0.119. The second-order valence-electron chi connectivity index (χ2n) is 6.31. The number of ether oxygens (including phenoxy) is 2. The Bertz CT molecular complexity index is 930. The van der Waals surface area contributed by atoms with Crippen molar-refractivity contribution in [3.05, 3.63) is 46.8 Å². The van der Waals surface area contributed by atoms with E-state index in [1.54, 1.807) is 31.2 Å². The van der Waals surface area contributed by atoms with E-state index in [-0.39, 0.29) is 41.9 Å². The number of hydrogen-bond donors (Lipinski definition) is 3. The quantitative estimate of drug-likeness (QED) is 0.459. The maximum atomic E-state index is 12.4. The minimum absolute atomic E-state index is 0.0567. The number of Topliss-reactive ketones (excluding diaryl/α,β-unsaturated/α-hetero) is 1. The number of H-pyrrole nitrogens is 1. The van der Waals surface area contributed by atoms with Gasteiger partial charge in [-0.05, 0) is 36.8 Å². The summed E-state index contributed by atoms with van der Waals surface area (Å²) in [5.74, 6) is -1.54. The van der Waals surface area contributed by atoms with Crippen molar-refractivity contribution in [1.82, 2.24) is 4.98 Å². The van der Waals surface area contributed by atoms with Gasteiger partial charge in [-0.2, -0.15) is 0 Å². The van der Waals surface area contributed by atoms with Gasteiger partial charge in [-0.15, -0.1) is 0 Å². The van der Waals surface area contributed by atoms with E-state index in [4.69, 9.17) is 9.47 Å². The van der Waals surface area contributed by atoms with Gasteiger partial charge in [-0.1, -0.05) is 0 Å². The number of hydrogen-bond acceptors (Lipinski definition) is 6. The van der Waals surface area contributed by atoms with Crippen molar-refractivity contribution >= 4 is 34.9 Å². The molecule has 2 aromatic rings. The third kappa shape index (κ3) is 5.52. The van der Waals surface area contributed by atoms with Gasteiger partial charge in [0.05, 0.1) is 24.8 Å². The molecule has 9 nitrogen and oxygen atoms in total. The molecular weight excluding hydrogens is 378 g/mol. The molecule has 0 saturated carbocycles. The van der Waals surface area contributed by atoms with E-state index in [2.05, 4.69) is 15.6 Å². The number of aromatic nitrogens is 1. The first-order valence-corrected chi connectivity index (χ1v) is 8.76. The largest absolute Gasteiger partial charge is 0.465 e. The summed E-state index contributed by atoms with van der Waals surface area (Å²) >= 11 is 0. The highest BCUT2D eigenvalue weighted by atomic mass is 16.5. The number of esters is 1. The molecule has 1 heterocycles. The first-order chi connectivity index (χ1) is 13.8. The molecule has 2 amide bonds. The molecule has 29 heavy (non-hydrogen) atoms. The first-order valence-electron chi connectivity index (χ1n) is 8.76. The third-order valence-electron chi connectivity index (χ3n) is 4.13. The molecule has 0 aliphatic rings. The fourth-order valence-electron chi connectivity index (χ4n) is 2.85. The molecule has 9 heteroatoms. The zero-order valence-electron chi connectivity index (χ0n) is 16.7. The van der Waals surface area contributed by atoms with E-state index in [0.717, 1.165) is 0 Å². The number of methoxy groups -OCH3 is 2. The van der Waals surface area contributed by atoms with E-state index < -0.39 is 5.97 Å². The summed E-state index contributed by atoms with van der Waals surface area (Å²) in [5.41, 5.74) is 2.27. The van der Waals surface area contributed by atoms with E-state index in [1.165, 1.54) is 21.1 Å². The van der Waals surface area contributed by atoms with Crippen LogP contribution in [0.15, 0.2) is 24.3 Å². The van der Waals surface area contributed by atoms with Crippen LogP contribution in [-0.2, 0) is 25.5 Å². The van der Waals surface area contributed by atoms with Crippen LogP contribution in [0.4, 0.5) is 11.4 Å². The highest BCUT2D eigenvalue weighted by molar-refractivity contribution is 6.02. The summed E-state index contributed by atoms with van der Waals surface area (Å²) in [5, 5.41) is 5.35. The van der Waals surface area contributed by atoms with Crippen LogP contribution in [0.1, 0.15) is 39.0 Å². The lowest BCUT2D eigenvalue weighted by atomic mass is 10.1. The Labute approximate surface area is 167 Å². The number of benzene rings is 1. The molecule has 154 valence electrons. The predicted octanol–water partition coefficient (Wildman–Crippen LogP) is 2.08. The summed E-state index contributed by atoms with van der Waals surface area (Å²) < 4.78 is 9.51. The Morgan fingerprint density at radius 3 is 2.00 bits per heavy atom. The van der Waals surface area contributed by atoms with Crippen LogP contribution in [0.3, 0.4) is 0 Å². The number of amides is 2. The molecule has 2 rings (SSSR count). The Kier molecular flexibility index (Phi) is 7.27. The average Bonchev–Trinajstić information content (AvgIpc) is 2.99. The summed E-state index contributed by atoms with van der Waals surface area (Å²) in [4.78, 5) is 50.6. The lowest BCUT2D eigenvalue weighted by Gasteiger charge is -2.08. The molecule has 0 fully saturated rings. The average molecular weight is 401 g/mol. The second kappa shape index (κ2) is 9.65. The van der Waals surface area contributed by atoms with Crippen LogP contribution in [0.5, 0.6) is 0 Å². The van der Waals surface area contributed by atoms with E-state index >= 15 is 0 Å². The molecule has 0 aliphatic carbocycles. The SMILES string of the molecule is COCC(=O)Nc1ccc(NC(=O)Cc2[nH]c(C(C)=O)c(C)c2C(=O)OC)cc1. The standard InChI is InChI=1S/C20H23N3O6/c1-11-18(20(27)29-4)15(23-19(11)12(2)24)9-16(25)21-13-5-7-14(8-6-13)22-17(26)10-28-3/h5-8,23H,9-10H2,1-4H3,(H,21,25)(H,22,26). The molecule has 1 aromatic carbocycles. The summed E-state index contributed by atoms with van der Waals surface area (Å²) in [7, 11) is 2.66. The van der Waals surface area contributed by atoms with Crippen LogP contribution < -0.4 is 10.6 Å². The fraction of sp³-hybridized carbons (Fsp3) is 0.300. The normalized spacial score (nSPS) is 10.3. The van der Waals surface area contributed by atoms with Gasteiger partial charge < -0.3 is 25.1 Å². The number of anilines is 2. The predicted molar refractivity (Wildman–Crippen MR) is 106 cm³/mol. The van der Waals surface area contributed by atoms with Crippen LogP contribution in [0.2, 0.25) is 0 Å². The minimum atomic E-state index is -0.620. The highest BCUT2D eigenvalue weighted by Crippen LogP contribution is 2.21. The third-order valence-corrected chi connectivity index (χ3v) is 4.13. The maximum Gasteiger partial charge on any atom is 0.339 e. The summed E-state index contributed by atoms with van der Waals surface area (Å²) in [6.07, 6.45) is -0.148. The van der Waals surface area contributed by atoms with Gasteiger partial charge in [0.15, 0.2) is 5.78 Å². The van der Waals surface area contributed by atoms with Crippen molar-refractivity contribution in [3.8, 4) is 0 Å². The van der Waals surface area contributed by atoms with Crippen LogP contribution in [-0.4, -0.2) is 49.4 Å². The molecule has 0 unspecified atom stereocenters. The molecular formula is C20H23N3O6. The van der Waals surface area contributed by atoms with Gasteiger partial charge in [0.25, 0.3) is 0 Å². The Hall–Kier alpha value is -3.46. The van der Waals surface area contributed by atoms with E-state index in [1.807, 2.05) is 0 Å². The topological polar surface area (TPSA) is 127 Å². The first kappa shape index (κ1) is 21.8. The molecule has 3 N–H and O–H groups in total. The number of carbonyl (C=O) groups excluding carboxylic acids is 4. The van der Waals surface area contributed by atoms with Gasteiger partial charge in [0.2, 0.25) is 11.8 Å². The van der Waals surface area contributed by atoms with Gasteiger partial charge in [0.1, 0.15) is 6.61 Å². The molecule has 0 saturated heterocycles. The van der Waals surface area contributed by atoms with Gasteiger partial charge in [0, 0.05) is 31.1 Å². The Morgan fingerprint density at radius 2 is 1.52 bits per heavy atom. The van der Waals surface area contributed by atoms with Gasteiger partial charge in [-0.25, -0.2) is 4.79 Å². The van der Waals surface area contributed by atoms with Gasteiger partial charge in [-0.3, -0.25) is 14.4 Å². The summed E-state index contributed by atoms with van der Waals surface area (Å²) in [6.45, 7) is 2.94. The Balaban J connectivity index is 2.11. The molecule has 1 aromatic heterocycles. The number of carbonyl (C=O) groups is 4. The number of ketones is 1. The number of aromatic amines is 1. The lowest BCUT2D eigenvalue weighted by Crippen LogP contribution is -2.18. The van der Waals surface area contributed by atoms with Crippen molar-refractivity contribution in [1.29, 1.82) is 0 Å². The monoisotopic (exact) mass is 401 g/mol. The maximum absolute atomic E-state index is 12.4. The van der Waals surface area contributed by atoms with Crippen molar-refractivity contribution in [2.45, 2.75) is 20.3 Å². The Morgan fingerprint density at radius 1 is 0.966 bits per heavy atom. The molecule has 0 bridgehead atoms. The highest BCUT2D eigenvalue weighted by Gasteiger charge is 2.24. The molecule has 0 aliphatic heterocycles.